The van der Waals surface area contributed by atoms with E-state index in [-0.39, 0.29) is 29.7 Å². The number of methoxy groups -OCH3 is 2. The van der Waals surface area contributed by atoms with Crippen LogP contribution in [0.5, 0.6) is 5.75 Å². The Balaban J connectivity index is 2.20. The first-order chi connectivity index (χ1) is 19.7. The van der Waals surface area contributed by atoms with Crippen LogP contribution in [0.3, 0.4) is 0 Å². The van der Waals surface area contributed by atoms with Crippen molar-refractivity contribution in [2.75, 3.05) is 31.5 Å². The SMILES string of the molecule is C=CC(=O)Nc1ccc(NC(C(=O)OCC)C(OCc2ccccc2OC)(C(=O)OC)c2ccc(Cl)cc2Cl)cc1. The standard InChI is InChI=1S/C30H30Cl2N2O7/c1-5-26(35)33-21-12-14-22(15-13-21)34-27(28(36)40-6-2)30(29(37)39-4,23-16-11-20(31)17-24(23)32)41-18-19-9-7-8-10-25(19)38-3/h5,7-17,27,34H,1,6,18H2,2-4H3,(H,33,35). The van der Waals surface area contributed by atoms with E-state index in [4.69, 9.17) is 42.1 Å². The average molecular weight is 601 g/mol. The lowest BCUT2D eigenvalue weighted by molar-refractivity contribution is -0.183. The Kier molecular flexibility index (Phi) is 11.2. The third kappa shape index (κ3) is 7.38. The summed E-state index contributed by atoms with van der Waals surface area (Å²) in [6.45, 7) is 4.91. The van der Waals surface area contributed by atoms with Crippen LogP contribution in [0, 0.1) is 0 Å². The average Bonchev–Trinajstić information content (AvgIpc) is 2.98. The molecule has 2 N–H and O–H groups in total. The molecule has 11 heteroatoms. The number of carbonyl (C=O) groups is 3. The van der Waals surface area contributed by atoms with Gasteiger partial charge in [0.05, 0.1) is 27.4 Å². The molecule has 0 aromatic heterocycles. The van der Waals surface area contributed by atoms with Gasteiger partial charge in [-0.2, -0.15) is 0 Å². The largest absolute Gasteiger partial charge is 0.496 e. The van der Waals surface area contributed by atoms with Gasteiger partial charge in [0.25, 0.3) is 0 Å². The molecule has 0 radical (unpaired) electrons. The maximum atomic E-state index is 13.8. The van der Waals surface area contributed by atoms with Gasteiger partial charge in [-0.3, -0.25) is 4.79 Å². The van der Waals surface area contributed by atoms with Crippen LogP contribution in [0.15, 0.2) is 79.4 Å². The number of halogens is 2. The lowest BCUT2D eigenvalue weighted by Gasteiger charge is -2.38. The molecule has 3 aromatic carbocycles. The zero-order chi connectivity index (χ0) is 30.0. The van der Waals surface area contributed by atoms with E-state index in [0.29, 0.717) is 27.7 Å². The molecule has 41 heavy (non-hydrogen) atoms. The van der Waals surface area contributed by atoms with Crippen molar-refractivity contribution in [1.82, 2.24) is 0 Å². The summed E-state index contributed by atoms with van der Waals surface area (Å²) in [5.74, 6) is -1.61. The zero-order valence-electron chi connectivity index (χ0n) is 22.7. The third-order valence-corrected chi connectivity index (χ3v) is 6.59. The molecule has 3 rings (SSSR count). The molecule has 0 aliphatic carbocycles. The van der Waals surface area contributed by atoms with Gasteiger partial charge >= 0.3 is 11.9 Å². The van der Waals surface area contributed by atoms with E-state index in [1.165, 1.54) is 32.4 Å². The molecule has 0 saturated heterocycles. The van der Waals surface area contributed by atoms with Crippen LogP contribution >= 0.6 is 23.2 Å². The maximum Gasteiger partial charge on any atom is 0.345 e. The second kappa shape index (κ2) is 14.5. The first kappa shape index (κ1) is 31.5. The van der Waals surface area contributed by atoms with Crippen molar-refractivity contribution < 1.29 is 33.3 Å². The summed E-state index contributed by atoms with van der Waals surface area (Å²) in [5.41, 5.74) is -0.567. The van der Waals surface area contributed by atoms with Gasteiger partial charge in [0, 0.05) is 32.5 Å². The number of anilines is 2. The monoisotopic (exact) mass is 600 g/mol. The molecule has 1 amide bonds. The van der Waals surface area contributed by atoms with Crippen molar-refractivity contribution in [3.05, 3.63) is 101 Å². The van der Waals surface area contributed by atoms with Crippen molar-refractivity contribution in [2.24, 2.45) is 0 Å². The van der Waals surface area contributed by atoms with Crippen LogP contribution in [0.4, 0.5) is 11.4 Å². The predicted octanol–water partition coefficient (Wildman–Crippen LogP) is 5.76. The van der Waals surface area contributed by atoms with Crippen molar-refractivity contribution in [2.45, 2.75) is 25.2 Å². The Bertz CT molecular complexity index is 1400. The van der Waals surface area contributed by atoms with Gasteiger partial charge in [0.15, 0.2) is 6.04 Å². The second-order valence-electron chi connectivity index (χ2n) is 8.55. The Morgan fingerprint density at radius 2 is 1.68 bits per heavy atom. The highest BCUT2D eigenvalue weighted by Gasteiger charge is 2.55. The number of benzene rings is 3. The summed E-state index contributed by atoms with van der Waals surface area (Å²) >= 11 is 12.8. The smallest absolute Gasteiger partial charge is 0.345 e. The number of hydrogen-bond donors (Lipinski definition) is 2. The van der Waals surface area contributed by atoms with E-state index in [2.05, 4.69) is 17.2 Å². The fourth-order valence-corrected chi connectivity index (χ4v) is 4.67. The first-order valence-corrected chi connectivity index (χ1v) is 13.2. The molecule has 216 valence electrons. The van der Waals surface area contributed by atoms with Crippen molar-refractivity contribution in [3.63, 3.8) is 0 Å². The fourth-order valence-electron chi connectivity index (χ4n) is 4.12. The molecule has 0 bridgehead atoms. The van der Waals surface area contributed by atoms with Gasteiger partial charge in [0.1, 0.15) is 5.75 Å². The molecule has 9 nitrogen and oxygen atoms in total. The summed E-state index contributed by atoms with van der Waals surface area (Å²) in [6, 6.07) is 16.4. The van der Waals surface area contributed by atoms with E-state index in [1.54, 1.807) is 55.5 Å². The summed E-state index contributed by atoms with van der Waals surface area (Å²) in [5, 5.41) is 6.07. The highest BCUT2D eigenvalue weighted by molar-refractivity contribution is 6.35. The summed E-state index contributed by atoms with van der Waals surface area (Å²) in [7, 11) is 2.68. The molecule has 0 aliphatic rings. The fraction of sp³-hybridized carbons (Fsp3) is 0.233. The quantitative estimate of drug-likeness (QED) is 0.188. The third-order valence-electron chi connectivity index (χ3n) is 6.05. The molecule has 3 aromatic rings. The van der Waals surface area contributed by atoms with Crippen molar-refractivity contribution in [1.29, 1.82) is 0 Å². The summed E-state index contributed by atoms with van der Waals surface area (Å²) < 4.78 is 22.5. The molecule has 0 aliphatic heterocycles. The van der Waals surface area contributed by atoms with Crippen molar-refractivity contribution >= 4 is 52.4 Å². The predicted molar refractivity (Wildman–Crippen MR) is 157 cm³/mol. The minimum Gasteiger partial charge on any atom is -0.496 e. The minimum absolute atomic E-state index is 0.0155. The maximum absolute atomic E-state index is 13.8. The normalized spacial score (nSPS) is 12.8. The molecule has 0 fully saturated rings. The molecule has 0 heterocycles. The zero-order valence-corrected chi connectivity index (χ0v) is 24.3. The number of amides is 1. The van der Waals surface area contributed by atoms with Gasteiger partial charge in [-0.05, 0) is 55.5 Å². The Hall–Kier alpha value is -4.05. The Labute approximate surface area is 248 Å². The topological polar surface area (TPSA) is 112 Å². The molecule has 2 atom stereocenters. The van der Waals surface area contributed by atoms with Crippen LogP contribution in [0.25, 0.3) is 0 Å². The second-order valence-corrected chi connectivity index (χ2v) is 9.40. The minimum atomic E-state index is -2.17. The molecule has 0 spiro atoms. The molecular formula is C30H30Cl2N2O7. The van der Waals surface area contributed by atoms with Gasteiger partial charge < -0.3 is 29.6 Å². The number of esters is 2. The number of nitrogens with one attached hydrogen (secondary N) is 2. The molecule has 0 saturated carbocycles. The number of para-hydroxylation sites is 1. The Morgan fingerprint density at radius 3 is 2.29 bits per heavy atom. The number of carbonyl (C=O) groups excluding carboxylic acids is 3. The lowest BCUT2D eigenvalue weighted by atomic mass is 9.85. The Morgan fingerprint density at radius 1 is 1.00 bits per heavy atom. The summed E-state index contributed by atoms with van der Waals surface area (Å²) in [6.07, 6.45) is 1.14. The van der Waals surface area contributed by atoms with Crippen LogP contribution in [0.1, 0.15) is 18.1 Å². The van der Waals surface area contributed by atoms with Gasteiger partial charge in [-0.15, -0.1) is 0 Å². The first-order valence-electron chi connectivity index (χ1n) is 12.5. The van der Waals surface area contributed by atoms with E-state index >= 15 is 0 Å². The van der Waals surface area contributed by atoms with Gasteiger partial charge in [-0.25, -0.2) is 9.59 Å². The van der Waals surface area contributed by atoms with Crippen LogP contribution in [-0.4, -0.2) is 44.7 Å². The van der Waals surface area contributed by atoms with Crippen molar-refractivity contribution in [3.8, 4) is 5.75 Å². The van der Waals surface area contributed by atoms with E-state index < -0.39 is 23.6 Å². The van der Waals surface area contributed by atoms with E-state index in [9.17, 15) is 14.4 Å². The number of rotatable bonds is 13. The van der Waals surface area contributed by atoms with Crippen LogP contribution < -0.4 is 15.4 Å². The van der Waals surface area contributed by atoms with Gasteiger partial charge in [-0.1, -0.05) is 54.0 Å². The van der Waals surface area contributed by atoms with E-state index in [1.807, 2.05) is 0 Å². The van der Waals surface area contributed by atoms with Gasteiger partial charge in [0.2, 0.25) is 11.5 Å². The highest BCUT2D eigenvalue weighted by Crippen LogP contribution is 2.40. The van der Waals surface area contributed by atoms with E-state index in [0.717, 1.165) is 6.08 Å². The summed E-state index contributed by atoms with van der Waals surface area (Å²) in [4.78, 5) is 39.1. The van der Waals surface area contributed by atoms with Crippen LogP contribution in [0.2, 0.25) is 10.0 Å². The molecular weight excluding hydrogens is 571 g/mol. The number of ether oxygens (including phenoxy) is 4. The van der Waals surface area contributed by atoms with Crippen LogP contribution in [-0.2, 0) is 40.8 Å². The molecule has 2 unspecified atom stereocenters. The number of hydrogen-bond acceptors (Lipinski definition) is 8. The lowest BCUT2D eigenvalue weighted by Crippen LogP contribution is -2.57. The highest BCUT2D eigenvalue weighted by atomic mass is 35.5.